The lowest BCUT2D eigenvalue weighted by molar-refractivity contribution is 0.199. The van der Waals surface area contributed by atoms with Gasteiger partial charge in [0.05, 0.1) is 18.8 Å². The van der Waals surface area contributed by atoms with Gasteiger partial charge in [0.25, 0.3) is 0 Å². The Balaban J connectivity index is 1.96. The number of nitrogens with zero attached hydrogens (tertiary/aromatic N) is 2. The highest BCUT2D eigenvalue weighted by Crippen LogP contribution is 2.14. The van der Waals surface area contributed by atoms with Crippen LogP contribution in [0.1, 0.15) is 22.4 Å². The van der Waals surface area contributed by atoms with Crippen LogP contribution in [-0.4, -0.2) is 30.0 Å². The maximum absolute atomic E-state index is 5.00. The Morgan fingerprint density at radius 1 is 1.20 bits per heavy atom. The number of rotatable bonds is 7. The molecule has 0 aliphatic carbocycles. The van der Waals surface area contributed by atoms with Crippen molar-refractivity contribution in [3.63, 3.8) is 0 Å². The minimum Gasteiger partial charge on any atom is -0.383 e. The minimum absolute atomic E-state index is 0.725. The van der Waals surface area contributed by atoms with Crippen molar-refractivity contribution in [2.75, 3.05) is 20.3 Å². The van der Waals surface area contributed by atoms with Crippen LogP contribution in [0.4, 0.5) is 0 Å². The molecule has 20 heavy (non-hydrogen) atoms. The van der Waals surface area contributed by atoms with Gasteiger partial charge in [-0.3, -0.25) is 4.68 Å². The van der Waals surface area contributed by atoms with E-state index in [1.807, 2.05) is 10.9 Å². The second-order valence-electron chi connectivity index (χ2n) is 5.04. The summed E-state index contributed by atoms with van der Waals surface area (Å²) < 4.78 is 7.00. The summed E-state index contributed by atoms with van der Waals surface area (Å²) in [5.41, 5.74) is 5.06. The summed E-state index contributed by atoms with van der Waals surface area (Å²) in [6, 6.07) is 8.47. The summed E-state index contributed by atoms with van der Waals surface area (Å²) in [5.74, 6) is 0. The highest BCUT2D eigenvalue weighted by Gasteiger charge is 2.04. The van der Waals surface area contributed by atoms with E-state index < -0.39 is 0 Å². The normalized spacial score (nSPS) is 10.9. The van der Waals surface area contributed by atoms with Crippen molar-refractivity contribution in [2.24, 2.45) is 0 Å². The van der Waals surface area contributed by atoms with Gasteiger partial charge in [-0.25, -0.2) is 0 Å². The lowest BCUT2D eigenvalue weighted by Crippen LogP contribution is -2.19. The number of methoxy groups -OCH3 is 1. The molecule has 0 atom stereocenters. The zero-order valence-electron chi connectivity index (χ0n) is 12.5. The molecular formula is C16H23N3O. The van der Waals surface area contributed by atoms with E-state index in [9.17, 15) is 0 Å². The molecule has 2 rings (SSSR count). The molecule has 0 spiro atoms. The topological polar surface area (TPSA) is 39.1 Å². The van der Waals surface area contributed by atoms with Gasteiger partial charge in [0.2, 0.25) is 0 Å². The first-order chi connectivity index (χ1) is 9.70. The standard InChI is InChI=1S/C16H23N3O/c1-13-5-4-6-14(2)16(13)12-19-9-7-15(18-19)11-17-8-10-20-3/h4-7,9,17H,8,10-12H2,1-3H3. The SMILES string of the molecule is COCCNCc1ccn(Cc2c(C)cccc2C)n1. The van der Waals surface area contributed by atoms with Crippen molar-refractivity contribution in [1.29, 1.82) is 0 Å². The van der Waals surface area contributed by atoms with Crippen molar-refractivity contribution >= 4 is 0 Å². The quantitative estimate of drug-likeness (QED) is 0.787. The maximum Gasteiger partial charge on any atom is 0.0762 e. The van der Waals surface area contributed by atoms with Crippen LogP contribution >= 0.6 is 0 Å². The highest BCUT2D eigenvalue weighted by atomic mass is 16.5. The first kappa shape index (κ1) is 14.8. The van der Waals surface area contributed by atoms with E-state index in [0.717, 1.165) is 31.9 Å². The Hall–Kier alpha value is -1.65. The van der Waals surface area contributed by atoms with Crippen molar-refractivity contribution in [2.45, 2.75) is 26.9 Å². The number of benzene rings is 1. The molecule has 0 saturated carbocycles. The Kier molecular flexibility index (Phi) is 5.32. The molecule has 0 unspecified atom stereocenters. The predicted molar refractivity (Wildman–Crippen MR) is 80.8 cm³/mol. The molecule has 4 nitrogen and oxygen atoms in total. The van der Waals surface area contributed by atoms with Crippen molar-refractivity contribution in [1.82, 2.24) is 15.1 Å². The van der Waals surface area contributed by atoms with Gasteiger partial charge in [-0.1, -0.05) is 18.2 Å². The van der Waals surface area contributed by atoms with Gasteiger partial charge in [0.15, 0.2) is 0 Å². The van der Waals surface area contributed by atoms with Crippen LogP contribution in [0.3, 0.4) is 0 Å². The first-order valence-corrected chi connectivity index (χ1v) is 6.98. The molecule has 1 aromatic carbocycles. The van der Waals surface area contributed by atoms with Gasteiger partial charge in [0, 0.05) is 26.4 Å². The zero-order chi connectivity index (χ0) is 14.4. The lowest BCUT2D eigenvalue weighted by atomic mass is 10.0. The molecule has 0 saturated heterocycles. The smallest absolute Gasteiger partial charge is 0.0762 e. The third-order valence-electron chi connectivity index (χ3n) is 3.45. The fourth-order valence-corrected chi connectivity index (χ4v) is 2.24. The van der Waals surface area contributed by atoms with E-state index in [1.54, 1.807) is 7.11 Å². The van der Waals surface area contributed by atoms with E-state index in [2.05, 4.69) is 48.5 Å². The number of aryl methyl sites for hydroxylation is 2. The molecule has 0 radical (unpaired) electrons. The average molecular weight is 273 g/mol. The molecule has 0 aliphatic heterocycles. The monoisotopic (exact) mass is 273 g/mol. The number of aromatic nitrogens is 2. The minimum atomic E-state index is 0.725. The third-order valence-corrected chi connectivity index (χ3v) is 3.45. The molecule has 108 valence electrons. The Bertz CT molecular complexity index is 528. The van der Waals surface area contributed by atoms with E-state index in [4.69, 9.17) is 4.74 Å². The van der Waals surface area contributed by atoms with Gasteiger partial charge in [0.1, 0.15) is 0 Å². The molecule has 0 fully saturated rings. The first-order valence-electron chi connectivity index (χ1n) is 6.98. The molecule has 0 amide bonds. The van der Waals surface area contributed by atoms with E-state index in [0.29, 0.717) is 0 Å². The predicted octanol–water partition coefficient (Wildman–Crippen LogP) is 2.28. The van der Waals surface area contributed by atoms with Gasteiger partial charge < -0.3 is 10.1 Å². The Morgan fingerprint density at radius 2 is 1.95 bits per heavy atom. The molecule has 1 heterocycles. The summed E-state index contributed by atoms with van der Waals surface area (Å²) in [7, 11) is 1.71. The van der Waals surface area contributed by atoms with Crippen LogP contribution in [-0.2, 0) is 17.8 Å². The number of nitrogens with one attached hydrogen (secondary N) is 1. The second-order valence-corrected chi connectivity index (χ2v) is 5.04. The van der Waals surface area contributed by atoms with Crippen LogP contribution in [0.15, 0.2) is 30.5 Å². The summed E-state index contributed by atoms with van der Waals surface area (Å²) in [6.07, 6.45) is 2.04. The van der Waals surface area contributed by atoms with Gasteiger partial charge in [-0.2, -0.15) is 5.10 Å². The van der Waals surface area contributed by atoms with E-state index in [1.165, 1.54) is 16.7 Å². The van der Waals surface area contributed by atoms with Crippen molar-refractivity contribution < 1.29 is 4.74 Å². The maximum atomic E-state index is 5.00. The number of hydrogen-bond donors (Lipinski definition) is 1. The fraction of sp³-hybridized carbons (Fsp3) is 0.438. The molecule has 0 bridgehead atoms. The van der Waals surface area contributed by atoms with Gasteiger partial charge in [-0.05, 0) is 36.6 Å². The van der Waals surface area contributed by atoms with Crippen LogP contribution in [0.25, 0.3) is 0 Å². The van der Waals surface area contributed by atoms with Crippen molar-refractivity contribution in [3.8, 4) is 0 Å². The molecule has 1 aromatic heterocycles. The molecule has 1 N–H and O–H groups in total. The highest BCUT2D eigenvalue weighted by molar-refractivity contribution is 5.33. The number of hydrogen-bond acceptors (Lipinski definition) is 3. The van der Waals surface area contributed by atoms with Crippen molar-refractivity contribution in [3.05, 3.63) is 52.8 Å². The Labute approximate surface area is 120 Å². The summed E-state index contributed by atoms with van der Waals surface area (Å²) in [5, 5.41) is 7.90. The summed E-state index contributed by atoms with van der Waals surface area (Å²) >= 11 is 0. The molecule has 0 aliphatic rings. The Morgan fingerprint density at radius 3 is 2.65 bits per heavy atom. The number of ether oxygens (including phenoxy) is 1. The zero-order valence-corrected chi connectivity index (χ0v) is 12.5. The van der Waals surface area contributed by atoms with Crippen LogP contribution < -0.4 is 5.32 Å². The van der Waals surface area contributed by atoms with Crippen LogP contribution in [0.2, 0.25) is 0 Å². The third kappa shape index (κ3) is 3.92. The largest absolute Gasteiger partial charge is 0.383 e. The second kappa shape index (κ2) is 7.22. The van der Waals surface area contributed by atoms with E-state index in [-0.39, 0.29) is 0 Å². The molecule has 2 aromatic rings. The summed E-state index contributed by atoms with van der Waals surface area (Å²) in [6.45, 7) is 7.49. The van der Waals surface area contributed by atoms with Gasteiger partial charge in [-0.15, -0.1) is 0 Å². The van der Waals surface area contributed by atoms with Crippen LogP contribution in [0.5, 0.6) is 0 Å². The lowest BCUT2D eigenvalue weighted by Gasteiger charge is -2.09. The molecule has 4 heteroatoms. The van der Waals surface area contributed by atoms with Crippen LogP contribution in [0, 0.1) is 13.8 Å². The van der Waals surface area contributed by atoms with E-state index >= 15 is 0 Å². The summed E-state index contributed by atoms with van der Waals surface area (Å²) in [4.78, 5) is 0. The van der Waals surface area contributed by atoms with Gasteiger partial charge >= 0.3 is 0 Å². The molecular weight excluding hydrogens is 250 g/mol. The average Bonchev–Trinajstić information content (AvgIpc) is 2.87. The fourth-order valence-electron chi connectivity index (χ4n) is 2.24.